The molecule has 0 heterocycles. The second-order valence-corrected chi connectivity index (χ2v) is 4.80. The van der Waals surface area contributed by atoms with Crippen molar-refractivity contribution in [3.8, 4) is 11.8 Å². The third-order valence-corrected chi connectivity index (χ3v) is 3.52. The molecular formula is C15H11BrN2O3. The maximum Gasteiger partial charge on any atom is 0.270 e. The van der Waals surface area contributed by atoms with E-state index in [1.807, 2.05) is 12.1 Å². The van der Waals surface area contributed by atoms with Crippen molar-refractivity contribution < 1.29 is 9.66 Å². The molecule has 2 aromatic rings. The highest BCUT2D eigenvalue weighted by Gasteiger charge is 2.11. The Bertz CT molecular complexity index is 710. The highest BCUT2D eigenvalue weighted by Crippen LogP contribution is 2.27. The maximum atomic E-state index is 10.8. The molecule has 106 valence electrons. The molecule has 0 fully saturated rings. The van der Waals surface area contributed by atoms with E-state index in [-0.39, 0.29) is 12.3 Å². The fraction of sp³-hybridized carbons (Fsp3) is 0.133. The van der Waals surface area contributed by atoms with Gasteiger partial charge in [-0.2, -0.15) is 5.26 Å². The molecule has 0 atom stereocenters. The summed E-state index contributed by atoms with van der Waals surface area (Å²) in [6.45, 7) is 0.238. The lowest BCUT2D eigenvalue weighted by atomic mass is 10.1. The summed E-state index contributed by atoms with van der Waals surface area (Å²) in [6, 6.07) is 13.7. The summed E-state index contributed by atoms with van der Waals surface area (Å²) >= 11 is 3.29. The molecule has 2 rings (SSSR count). The highest BCUT2D eigenvalue weighted by atomic mass is 79.9. The molecule has 0 aliphatic carbocycles. The van der Waals surface area contributed by atoms with Crippen LogP contribution in [-0.4, -0.2) is 4.92 Å². The molecule has 0 spiro atoms. The number of hydrogen-bond acceptors (Lipinski definition) is 4. The minimum absolute atomic E-state index is 0.0224. The Hall–Kier alpha value is -2.39. The van der Waals surface area contributed by atoms with Crippen LogP contribution in [0.1, 0.15) is 16.7 Å². The Morgan fingerprint density at radius 1 is 1.24 bits per heavy atom. The predicted molar refractivity (Wildman–Crippen MR) is 81.2 cm³/mol. The molecule has 2 aromatic carbocycles. The topological polar surface area (TPSA) is 76.2 Å². The Kier molecular flexibility index (Phi) is 4.90. The van der Waals surface area contributed by atoms with Crippen LogP contribution in [0.2, 0.25) is 0 Å². The van der Waals surface area contributed by atoms with E-state index < -0.39 is 4.92 Å². The van der Waals surface area contributed by atoms with Crippen molar-refractivity contribution in [2.75, 3.05) is 0 Å². The number of hydrogen-bond donors (Lipinski definition) is 0. The first-order valence-corrected chi connectivity index (χ1v) is 7.22. The van der Waals surface area contributed by atoms with Gasteiger partial charge in [-0.1, -0.05) is 34.1 Å². The molecule has 0 aromatic heterocycles. The second kappa shape index (κ2) is 6.86. The van der Waals surface area contributed by atoms with Crippen molar-refractivity contribution in [3.05, 3.63) is 69.3 Å². The zero-order chi connectivity index (χ0) is 15.2. The number of ether oxygens (including phenoxy) is 1. The SMILES string of the molecule is N#Cc1ccccc1COc1ccc([N+](=O)[O-])cc1CBr. The maximum absolute atomic E-state index is 10.8. The molecule has 0 N–H and O–H groups in total. The first-order valence-electron chi connectivity index (χ1n) is 6.09. The minimum atomic E-state index is -0.444. The summed E-state index contributed by atoms with van der Waals surface area (Å²) < 4.78 is 5.69. The van der Waals surface area contributed by atoms with Crippen molar-refractivity contribution in [1.82, 2.24) is 0 Å². The lowest BCUT2D eigenvalue weighted by Crippen LogP contribution is -2.00. The first-order chi connectivity index (χ1) is 10.2. The Morgan fingerprint density at radius 3 is 2.67 bits per heavy atom. The molecule has 0 bridgehead atoms. The summed E-state index contributed by atoms with van der Waals surface area (Å²) in [7, 11) is 0. The van der Waals surface area contributed by atoms with Crippen LogP contribution < -0.4 is 4.74 Å². The molecule has 0 aliphatic heterocycles. The van der Waals surface area contributed by atoms with Crippen molar-refractivity contribution in [2.24, 2.45) is 0 Å². The number of halogens is 1. The van der Waals surface area contributed by atoms with E-state index in [2.05, 4.69) is 22.0 Å². The fourth-order valence-corrected chi connectivity index (χ4v) is 2.27. The molecule has 5 nitrogen and oxygen atoms in total. The van der Waals surface area contributed by atoms with Crippen LogP contribution in [0.5, 0.6) is 5.75 Å². The highest BCUT2D eigenvalue weighted by molar-refractivity contribution is 9.08. The van der Waals surface area contributed by atoms with Crippen LogP contribution >= 0.6 is 15.9 Å². The van der Waals surface area contributed by atoms with Gasteiger partial charge in [0.05, 0.1) is 16.6 Å². The number of alkyl halides is 1. The summed E-state index contributed by atoms with van der Waals surface area (Å²) in [6.07, 6.45) is 0. The lowest BCUT2D eigenvalue weighted by Gasteiger charge is -2.10. The van der Waals surface area contributed by atoms with Gasteiger partial charge in [-0.25, -0.2) is 0 Å². The zero-order valence-corrected chi connectivity index (χ0v) is 12.5. The molecule has 0 saturated carbocycles. The fourth-order valence-electron chi connectivity index (χ4n) is 1.84. The molecule has 0 radical (unpaired) electrons. The second-order valence-electron chi connectivity index (χ2n) is 4.24. The van der Waals surface area contributed by atoms with Gasteiger partial charge in [-0.05, 0) is 12.1 Å². The van der Waals surface area contributed by atoms with Crippen LogP contribution in [0.25, 0.3) is 0 Å². The summed E-state index contributed by atoms with van der Waals surface area (Å²) in [4.78, 5) is 10.3. The Morgan fingerprint density at radius 2 is 2.00 bits per heavy atom. The molecular weight excluding hydrogens is 336 g/mol. The van der Waals surface area contributed by atoms with Crippen LogP contribution in [0.15, 0.2) is 42.5 Å². The van der Waals surface area contributed by atoms with E-state index >= 15 is 0 Å². The third-order valence-electron chi connectivity index (χ3n) is 2.92. The standard InChI is InChI=1S/C15H11BrN2O3/c16-8-13-7-14(18(19)20)5-6-15(13)21-10-12-4-2-1-3-11(12)9-17/h1-7H,8,10H2. The minimum Gasteiger partial charge on any atom is -0.489 e. The van der Waals surface area contributed by atoms with E-state index in [1.165, 1.54) is 12.1 Å². The molecule has 0 unspecified atom stereocenters. The van der Waals surface area contributed by atoms with Gasteiger partial charge < -0.3 is 4.74 Å². The number of nitriles is 1. The largest absolute Gasteiger partial charge is 0.489 e. The average molecular weight is 347 g/mol. The van der Waals surface area contributed by atoms with Crippen LogP contribution in [-0.2, 0) is 11.9 Å². The lowest BCUT2D eigenvalue weighted by molar-refractivity contribution is -0.384. The molecule has 0 saturated heterocycles. The number of nitro benzene ring substituents is 1. The van der Waals surface area contributed by atoms with E-state index in [1.54, 1.807) is 18.2 Å². The monoisotopic (exact) mass is 346 g/mol. The number of nitro groups is 1. The van der Waals surface area contributed by atoms with Crippen molar-refractivity contribution >= 4 is 21.6 Å². The van der Waals surface area contributed by atoms with E-state index in [0.29, 0.717) is 22.2 Å². The average Bonchev–Trinajstić information content (AvgIpc) is 2.52. The number of rotatable bonds is 5. The molecule has 6 heteroatoms. The molecule has 21 heavy (non-hydrogen) atoms. The zero-order valence-electron chi connectivity index (χ0n) is 11.0. The quantitative estimate of drug-likeness (QED) is 0.466. The number of non-ortho nitro benzene ring substituents is 1. The van der Waals surface area contributed by atoms with E-state index in [4.69, 9.17) is 10.00 Å². The van der Waals surface area contributed by atoms with Crippen LogP contribution in [0.3, 0.4) is 0 Å². The predicted octanol–water partition coefficient (Wildman–Crippen LogP) is 3.94. The van der Waals surface area contributed by atoms with Gasteiger partial charge in [0.1, 0.15) is 12.4 Å². The Labute approximate surface area is 130 Å². The molecule has 0 aliphatic rings. The van der Waals surface area contributed by atoms with Crippen molar-refractivity contribution in [3.63, 3.8) is 0 Å². The summed E-state index contributed by atoms with van der Waals surface area (Å²) in [5.41, 5.74) is 2.05. The normalized spacial score (nSPS) is 9.90. The Balaban J connectivity index is 2.20. The number of benzene rings is 2. The van der Waals surface area contributed by atoms with E-state index in [0.717, 1.165) is 5.56 Å². The third kappa shape index (κ3) is 3.58. The van der Waals surface area contributed by atoms with Gasteiger partial charge in [0.2, 0.25) is 0 Å². The van der Waals surface area contributed by atoms with Crippen LogP contribution in [0.4, 0.5) is 5.69 Å². The van der Waals surface area contributed by atoms with Gasteiger partial charge in [-0.15, -0.1) is 0 Å². The van der Waals surface area contributed by atoms with Crippen molar-refractivity contribution in [2.45, 2.75) is 11.9 Å². The van der Waals surface area contributed by atoms with Gasteiger partial charge >= 0.3 is 0 Å². The summed E-state index contributed by atoms with van der Waals surface area (Å²) in [5, 5.41) is 20.2. The molecule has 0 amide bonds. The first kappa shape index (κ1) is 15.0. The van der Waals surface area contributed by atoms with Gasteiger partial charge in [0.15, 0.2) is 0 Å². The van der Waals surface area contributed by atoms with Crippen molar-refractivity contribution in [1.29, 1.82) is 5.26 Å². The summed E-state index contributed by atoms with van der Waals surface area (Å²) in [5.74, 6) is 0.560. The van der Waals surface area contributed by atoms with Gasteiger partial charge in [0, 0.05) is 28.6 Å². The smallest absolute Gasteiger partial charge is 0.270 e. The van der Waals surface area contributed by atoms with Gasteiger partial charge in [-0.3, -0.25) is 10.1 Å². The van der Waals surface area contributed by atoms with Gasteiger partial charge in [0.25, 0.3) is 5.69 Å². The van der Waals surface area contributed by atoms with E-state index in [9.17, 15) is 10.1 Å². The van der Waals surface area contributed by atoms with Crippen LogP contribution in [0, 0.1) is 21.4 Å². The number of nitrogens with zero attached hydrogens (tertiary/aromatic N) is 2.